The molecule has 0 heterocycles. The molecule has 2 rings (SSSR count). The van der Waals surface area contributed by atoms with Crippen LogP contribution in [0.5, 0.6) is 0 Å². The van der Waals surface area contributed by atoms with E-state index in [4.69, 9.17) is 0 Å². The number of hydrogen-bond donors (Lipinski definition) is 1. The zero-order valence-electron chi connectivity index (χ0n) is 11.1. The van der Waals surface area contributed by atoms with Gasteiger partial charge in [0.05, 0.1) is 12.6 Å². The molecule has 1 amide bonds. The van der Waals surface area contributed by atoms with Gasteiger partial charge >= 0.3 is 0 Å². The molecule has 4 heteroatoms. The molecule has 0 atom stereocenters. The van der Waals surface area contributed by atoms with E-state index in [1.165, 1.54) is 5.56 Å². The van der Waals surface area contributed by atoms with Crippen LogP contribution in [0.3, 0.4) is 0 Å². The Balaban J connectivity index is 1.85. The number of hydrogen-bond acceptors (Lipinski definition) is 2. The summed E-state index contributed by atoms with van der Waals surface area (Å²) in [5.41, 5.74) is 5.64. The summed E-state index contributed by atoms with van der Waals surface area (Å²) in [6.07, 6.45) is 1.96. The van der Waals surface area contributed by atoms with Gasteiger partial charge in [-0.25, -0.2) is 5.43 Å². The van der Waals surface area contributed by atoms with Gasteiger partial charge < -0.3 is 0 Å². The first-order valence-corrected chi connectivity index (χ1v) is 7.06. The molecule has 0 saturated carbocycles. The largest absolute Gasteiger partial charge is 0.273 e. The highest BCUT2D eigenvalue weighted by Gasteiger charge is 2.01. The minimum Gasteiger partial charge on any atom is -0.273 e. The summed E-state index contributed by atoms with van der Waals surface area (Å²) < 4.78 is 0.999. The summed E-state index contributed by atoms with van der Waals surface area (Å²) in [6.45, 7) is 2.03. The number of rotatable bonds is 4. The lowest BCUT2D eigenvalue weighted by atomic mass is 10.1. The predicted molar refractivity (Wildman–Crippen MR) is 84.8 cm³/mol. The first-order valence-electron chi connectivity index (χ1n) is 6.26. The predicted octanol–water partition coefficient (Wildman–Crippen LogP) is 3.45. The minimum atomic E-state index is -0.129. The van der Waals surface area contributed by atoms with E-state index in [9.17, 15) is 4.79 Å². The maximum atomic E-state index is 11.7. The van der Waals surface area contributed by atoms with Crippen LogP contribution in [0, 0.1) is 6.92 Å². The second kappa shape index (κ2) is 7.01. The van der Waals surface area contributed by atoms with E-state index in [0.29, 0.717) is 6.42 Å². The number of halogens is 1. The van der Waals surface area contributed by atoms with Crippen LogP contribution < -0.4 is 5.43 Å². The molecule has 0 unspecified atom stereocenters. The van der Waals surface area contributed by atoms with Crippen LogP contribution >= 0.6 is 15.9 Å². The van der Waals surface area contributed by atoms with E-state index in [-0.39, 0.29) is 5.91 Å². The van der Waals surface area contributed by atoms with Gasteiger partial charge in [0.15, 0.2) is 0 Å². The topological polar surface area (TPSA) is 41.5 Å². The SMILES string of the molecule is Cc1ccc(/C=N\NC(=O)Cc2ccc(Br)cc2)cc1. The Bertz CT molecular complexity index is 603. The van der Waals surface area contributed by atoms with Crippen molar-refractivity contribution in [1.29, 1.82) is 0 Å². The van der Waals surface area contributed by atoms with Crippen molar-refractivity contribution in [2.75, 3.05) is 0 Å². The summed E-state index contributed by atoms with van der Waals surface area (Å²) in [6, 6.07) is 15.6. The van der Waals surface area contributed by atoms with Crippen molar-refractivity contribution in [2.24, 2.45) is 5.10 Å². The lowest BCUT2D eigenvalue weighted by molar-refractivity contribution is -0.120. The Labute approximate surface area is 126 Å². The van der Waals surface area contributed by atoms with Crippen molar-refractivity contribution in [3.05, 3.63) is 69.7 Å². The van der Waals surface area contributed by atoms with Crippen molar-refractivity contribution in [3.63, 3.8) is 0 Å². The molecule has 20 heavy (non-hydrogen) atoms. The third kappa shape index (κ3) is 4.63. The number of hydrazone groups is 1. The minimum absolute atomic E-state index is 0.129. The van der Waals surface area contributed by atoms with Crippen LogP contribution in [-0.4, -0.2) is 12.1 Å². The number of benzene rings is 2. The van der Waals surface area contributed by atoms with Gasteiger partial charge in [-0.05, 0) is 30.2 Å². The molecule has 0 radical (unpaired) electrons. The van der Waals surface area contributed by atoms with Gasteiger partial charge in [0.25, 0.3) is 0 Å². The number of carbonyl (C=O) groups excluding carboxylic acids is 1. The third-order valence-corrected chi connectivity index (χ3v) is 3.29. The van der Waals surface area contributed by atoms with Crippen molar-refractivity contribution in [3.8, 4) is 0 Å². The Hall–Kier alpha value is -1.94. The molecule has 2 aromatic rings. The van der Waals surface area contributed by atoms with E-state index in [1.54, 1.807) is 6.21 Å². The van der Waals surface area contributed by atoms with Gasteiger partial charge in [-0.3, -0.25) is 4.79 Å². The fraction of sp³-hybridized carbons (Fsp3) is 0.125. The number of carbonyl (C=O) groups is 1. The van der Waals surface area contributed by atoms with Gasteiger partial charge in [-0.15, -0.1) is 0 Å². The van der Waals surface area contributed by atoms with Gasteiger partial charge in [-0.2, -0.15) is 5.10 Å². The molecule has 2 aromatic carbocycles. The number of aryl methyl sites for hydroxylation is 1. The van der Waals surface area contributed by atoms with Gasteiger partial charge in [0, 0.05) is 4.47 Å². The molecule has 0 fully saturated rings. The maximum absolute atomic E-state index is 11.7. The highest BCUT2D eigenvalue weighted by atomic mass is 79.9. The van der Waals surface area contributed by atoms with Crippen LogP contribution in [-0.2, 0) is 11.2 Å². The van der Waals surface area contributed by atoms with Gasteiger partial charge in [0.2, 0.25) is 5.91 Å². The van der Waals surface area contributed by atoms with Crippen molar-refractivity contribution < 1.29 is 4.79 Å². The summed E-state index contributed by atoms with van der Waals surface area (Å²) in [7, 11) is 0. The number of nitrogens with zero attached hydrogens (tertiary/aromatic N) is 1. The Kier molecular flexibility index (Phi) is 5.07. The standard InChI is InChI=1S/C16H15BrN2O/c1-12-2-4-14(5-3-12)11-18-19-16(20)10-13-6-8-15(17)9-7-13/h2-9,11H,10H2,1H3,(H,19,20)/b18-11-. The quantitative estimate of drug-likeness (QED) is 0.677. The molecule has 0 aliphatic carbocycles. The monoisotopic (exact) mass is 330 g/mol. The number of nitrogens with one attached hydrogen (secondary N) is 1. The highest BCUT2D eigenvalue weighted by molar-refractivity contribution is 9.10. The molecule has 0 bridgehead atoms. The fourth-order valence-electron chi connectivity index (χ4n) is 1.66. The van der Waals surface area contributed by atoms with Gasteiger partial charge in [0.1, 0.15) is 0 Å². The second-order valence-corrected chi connectivity index (χ2v) is 5.42. The van der Waals surface area contributed by atoms with E-state index >= 15 is 0 Å². The average Bonchev–Trinajstić information content (AvgIpc) is 2.44. The highest BCUT2D eigenvalue weighted by Crippen LogP contribution is 2.10. The molecule has 102 valence electrons. The molecule has 0 aliphatic rings. The van der Waals surface area contributed by atoms with Crippen molar-refractivity contribution in [2.45, 2.75) is 13.3 Å². The third-order valence-electron chi connectivity index (χ3n) is 2.76. The van der Waals surface area contributed by atoms with Crippen LogP contribution in [0.4, 0.5) is 0 Å². The second-order valence-electron chi connectivity index (χ2n) is 4.51. The van der Waals surface area contributed by atoms with Gasteiger partial charge in [-0.1, -0.05) is 57.9 Å². The first kappa shape index (κ1) is 14.5. The smallest absolute Gasteiger partial charge is 0.244 e. The molecule has 3 nitrogen and oxygen atoms in total. The van der Waals surface area contributed by atoms with Crippen LogP contribution in [0.1, 0.15) is 16.7 Å². The van der Waals surface area contributed by atoms with E-state index in [2.05, 4.69) is 26.5 Å². The lowest BCUT2D eigenvalue weighted by Crippen LogP contribution is -2.19. The molecule has 0 saturated heterocycles. The Morgan fingerprint density at radius 3 is 2.45 bits per heavy atom. The van der Waals surface area contributed by atoms with Crippen molar-refractivity contribution in [1.82, 2.24) is 5.43 Å². The van der Waals surface area contributed by atoms with E-state index < -0.39 is 0 Å². The first-order chi connectivity index (χ1) is 9.63. The van der Waals surface area contributed by atoms with Crippen LogP contribution in [0.2, 0.25) is 0 Å². The summed E-state index contributed by atoms with van der Waals surface area (Å²) in [4.78, 5) is 11.7. The summed E-state index contributed by atoms with van der Waals surface area (Å²) in [5, 5.41) is 3.95. The zero-order valence-corrected chi connectivity index (χ0v) is 12.7. The Morgan fingerprint density at radius 2 is 1.80 bits per heavy atom. The van der Waals surface area contributed by atoms with E-state index in [0.717, 1.165) is 15.6 Å². The summed E-state index contributed by atoms with van der Waals surface area (Å²) >= 11 is 3.36. The Morgan fingerprint density at radius 1 is 1.15 bits per heavy atom. The maximum Gasteiger partial charge on any atom is 0.244 e. The molecule has 0 aliphatic heterocycles. The normalized spacial score (nSPS) is 10.7. The van der Waals surface area contributed by atoms with E-state index in [1.807, 2.05) is 55.5 Å². The zero-order chi connectivity index (χ0) is 14.4. The van der Waals surface area contributed by atoms with Crippen LogP contribution in [0.15, 0.2) is 58.1 Å². The lowest BCUT2D eigenvalue weighted by Gasteiger charge is -2.01. The molecular formula is C16H15BrN2O. The molecular weight excluding hydrogens is 316 g/mol. The molecule has 0 aromatic heterocycles. The number of amides is 1. The summed E-state index contributed by atoms with van der Waals surface area (Å²) in [5.74, 6) is -0.129. The van der Waals surface area contributed by atoms with Crippen LogP contribution in [0.25, 0.3) is 0 Å². The van der Waals surface area contributed by atoms with Crippen molar-refractivity contribution >= 4 is 28.1 Å². The molecule has 0 spiro atoms. The fourth-order valence-corrected chi connectivity index (χ4v) is 1.92. The molecule has 1 N–H and O–H groups in total. The average molecular weight is 331 g/mol.